The molecular weight excluding hydrogens is 385 g/mol. The lowest BCUT2D eigenvalue weighted by Crippen LogP contribution is -2.24. The van der Waals surface area contributed by atoms with Crippen LogP contribution in [0.3, 0.4) is 0 Å². The van der Waals surface area contributed by atoms with E-state index in [2.05, 4.69) is 6.92 Å². The Morgan fingerprint density at radius 1 is 0.933 bits per heavy atom. The van der Waals surface area contributed by atoms with Gasteiger partial charge in [0.25, 0.3) is 0 Å². The van der Waals surface area contributed by atoms with Crippen LogP contribution in [0.4, 0.5) is 13.2 Å². The summed E-state index contributed by atoms with van der Waals surface area (Å²) in [5, 5.41) is 0. The first-order chi connectivity index (χ1) is 14.5. The zero-order valence-corrected chi connectivity index (χ0v) is 17.5. The number of hydrogen-bond acceptors (Lipinski definition) is 1. The van der Waals surface area contributed by atoms with E-state index in [4.69, 9.17) is 4.74 Å². The molecule has 3 rings (SSSR count). The molecule has 0 fully saturated rings. The number of allylic oxidation sites excluding steroid dienone is 4. The van der Waals surface area contributed by atoms with Crippen molar-refractivity contribution >= 4 is 5.57 Å². The second kappa shape index (κ2) is 10.5. The van der Waals surface area contributed by atoms with Crippen LogP contribution in [0.5, 0.6) is 5.75 Å². The lowest BCUT2D eigenvalue weighted by molar-refractivity contribution is 0.246. The number of unbranched alkanes of at least 4 members (excludes halogenated alkanes) is 5. The first-order valence-corrected chi connectivity index (χ1v) is 10.8. The Morgan fingerprint density at radius 3 is 2.50 bits per heavy atom. The average molecular weight is 415 g/mol. The molecule has 0 aromatic heterocycles. The van der Waals surface area contributed by atoms with Crippen molar-refractivity contribution in [2.24, 2.45) is 0 Å². The summed E-state index contributed by atoms with van der Waals surface area (Å²) in [7, 11) is 0. The summed E-state index contributed by atoms with van der Waals surface area (Å²) in [5.74, 6) is -0.387. The molecule has 0 heterocycles. The van der Waals surface area contributed by atoms with Gasteiger partial charge < -0.3 is 4.74 Å². The number of hydrogen-bond donors (Lipinski definition) is 0. The van der Waals surface area contributed by atoms with Crippen molar-refractivity contribution in [3.8, 4) is 5.75 Å². The first kappa shape index (κ1) is 22.2. The zero-order valence-electron chi connectivity index (χ0n) is 17.5. The van der Waals surface area contributed by atoms with Crippen molar-refractivity contribution < 1.29 is 17.9 Å². The van der Waals surface area contributed by atoms with Crippen LogP contribution < -0.4 is 4.74 Å². The number of ether oxygens (including phenoxy) is 1. The van der Waals surface area contributed by atoms with Crippen LogP contribution in [-0.4, -0.2) is 6.61 Å². The van der Waals surface area contributed by atoms with Crippen LogP contribution in [0.25, 0.3) is 5.57 Å². The summed E-state index contributed by atoms with van der Waals surface area (Å²) >= 11 is 0. The molecular formula is C26H29F3O. The Balaban J connectivity index is 1.74. The maximum Gasteiger partial charge on any atom is 0.165 e. The fourth-order valence-electron chi connectivity index (χ4n) is 3.81. The van der Waals surface area contributed by atoms with Gasteiger partial charge >= 0.3 is 0 Å². The highest BCUT2D eigenvalue weighted by Crippen LogP contribution is 2.47. The van der Waals surface area contributed by atoms with E-state index < -0.39 is 17.3 Å². The molecule has 0 amide bonds. The molecule has 0 saturated heterocycles. The van der Waals surface area contributed by atoms with Crippen LogP contribution in [-0.2, 0) is 5.67 Å². The number of alkyl halides is 1. The Morgan fingerprint density at radius 2 is 1.70 bits per heavy atom. The lowest BCUT2D eigenvalue weighted by Gasteiger charge is -2.30. The summed E-state index contributed by atoms with van der Waals surface area (Å²) in [5.41, 5.74) is -1.12. The highest BCUT2D eigenvalue weighted by atomic mass is 19.1. The molecule has 1 unspecified atom stereocenters. The third-order valence-electron chi connectivity index (χ3n) is 5.48. The molecule has 2 aromatic rings. The van der Waals surface area contributed by atoms with Crippen molar-refractivity contribution in [2.45, 2.75) is 57.5 Å². The first-order valence-electron chi connectivity index (χ1n) is 10.8. The smallest absolute Gasteiger partial charge is 0.165 e. The van der Waals surface area contributed by atoms with E-state index in [1.54, 1.807) is 18.2 Å². The molecule has 1 aliphatic carbocycles. The molecule has 0 aliphatic heterocycles. The number of halogens is 3. The van der Waals surface area contributed by atoms with Gasteiger partial charge in [-0.3, -0.25) is 0 Å². The molecule has 0 spiro atoms. The Bertz CT molecular complexity index is 903. The van der Waals surface area contributed by atoms with Gasteiger partial charge in [-0.15, -0.1) is 0 Å². The van der Waals surface area contributed by atoms with Crippen LogP contribution in [0, 0.1) is 5.82 Å². The molecule has 160 valence electrons. The number of rotatable bonds is 10. The molecule has 0 radical (unpaired) electrons. The average Bonchev–Trinajstić information content (AvgIpc) is 2.75. The van der Waals surface area contributed by atoms with Gasteiger partial charge in [0, 0.05) is 12.0 Å². The van der Waals surface area contributed by atoms with Crippen LogP contribution in [0.15, 0.2) is 66.5 Å². The van der Waals surface area contributed by atoms with E-state index in [-0.39, 0.29) is 17.6 Å². The normalized spacial score (nSPS) is 18.7. The molecule has 2 aromatic carbocycles. The quantitative estimate of drug-likeness (QED) is 0.357. The maximum atomic E-state index is 16.1. The SMILES string of the molecule is CCCCCCCCOc1cccc(C2=CC(F)=CCC2(F)c2cccc(F)c2)c1. The minimum atomic E-state index is -2.00. The van der Waals surface area contributed by atoms with Crippen molar-refractivity contribution in [1.82, 2.24) is 0 Å². The van der Waals surface area contributed by atoms with Crippen LogP contribution in [0.1, 0.15) is 63.0 Å². The third kappa shape index (κ3) is 5.56. The minimum absolute atomic E-state index is 0.177. The van der Waals surface area contributed by atoms with E-state index in [0.717, 1.165) is 12.8 Å². The van der Waals surface area contributed by atoms with E-state index in [9.17, 15) is 8.78 Å². The summed E-state index contributed by atoms with van der Waals surface area (Å²) in [4.78, 5) is 0. The topological polar surface area (TPSA) is 9.23 Å². The molecule has 0 saturated carbocycles. The van der Waals surface area contributed by atoms with Gasteiger partial charge in [0.2, 0.25) is 0 Å². The molecule has 30 heavy (non-hydrogen) atoms. The van der Waals surface area contributed by atoms with E-state index in [0.29, 0.717) is 17.9 Å². The largest absolute Gasteiger partial charge is 0.494 e. The predicted molar refractivity (Wildman–Crippen MR) is 116 cm³/mol. The molecule has 4 heteroatoms. The lowest BCUT2D eigenvalue weighted by atomic mass is 9.78. The molecule has 0 N–H and O–H groups in total. The standard InChI is InChI=1S/C26H29F3O/c1-2-3-4-5-6-7-16-30-24-13-8-10-20(17-24)25-19-23(28)14-15-26(25,29)21-11-9-12-22(27)18-21/h8-14,17-19H,2-7,15-16H2,1H3. The van der Waals surface area contributed by atoms with Crippen LogP contribution >= 0.6 is 0 Å². The highest BCUT2D eigenvalue weighted by molar-refractivity contribution is 5.77. The zero-order chi connectivity index (χ0) is 21.4. The summed E-state index contributed by atoms with van der Waals surface area (Å²) in [6, 6.07) is 12.5. The van der Waals surface area contributed by atoms with Gasteiger partial charge in [-0.1, -0.05) is 63.3 Å². The fraction of sp³-hybridized carbons (Fsp3) is 0.385. The number of benzene rings is 2. The van der Waals surface area contributed by atoms with E-state index >= 15 is 4.39 Å². The molecule has 1 atom stereocenters. The second-order valence-electron chi connectivity index (χ2n) is 7.81. The second-order valence-corrected chi connectivity index (χ2v) is 7.81. The Kier molecular flexibility index (Phi) is 7.78. The van der Waals surface area contributed by atoms with Crippen molar-refractivity contribution in [3.63, 3.8) is 0 Å². The van der Waals surface area contributed by atoms with Gasteiger partial charge in [0.1, 0.15) is 17.4 Å². The molecule has 1 aliphatic rings. The van der Waals surface area contributed by atoms with E-state index in [1.807, 2.05) is 6.07 Å². The Labute approximate surface area is 177 Å². The van der Waals surface area contributed by atoms with Gasteiger partial charge in [0.05, 0.1) is 6.61 Å². The van der Waals surface area contributed by atoms with Gasteiger partial charge in [-0.25, -0.2) is 13.2 Å². The summed E-state index contributed by atoms with van der Waals surface area (Å²) < 4.78 is 49.7. The monoisotopic (exact) mass is 414 g/mol. The minimum Gasteiger partial charge on any atom is -0.494 e. The van der Waals surface area contributed by atoms with Crippen molar-refractivity contribution in [2.75, 3.05) is 6.61 Å². The fourth-order valence-corrected chi connectivity index (χ4v) is 3.81. The van der Waals surface area contributed by atoms with Crippen molar-refractivity contribution in [3.05, 3.63) is 83.5 Å². The Hall–Kier alpha value is -2.49. The predicted octanol–water partition coefficient (Wildman–Crippen LogP) is 8.07. The van der Waals surface area contributed by atoms with Gasteiger partial charge in [0.15, 0.2) is 5.67 Å². The van der Waals surface area contributed by atoms with Crippen LogP contribution in [0.2, 0.25) is 0 Å². The highest BCUT2D eigenvalue weighted by Gasteiger charge is 2.39. The van der Waals surface area contributed by atoms with Crippen molar-refractivity contribution in [1.29, 1.82) is 0 Å². The summed E-state index contributed by atoms with van der Waals surface area (Å²) in [6.45, 7) is 2.79. The van der Waals surface area contributed by atoms with Gasteiger partial charge in [-0.05, 0) is 54.0 Å². The maximum absolute atomic E-state index is 16.1. The summed E-state index contributed by atoms with van der Waals surface area (Å²) in [6.07, 6.45) is 9.23. The molecule has 1 nitrogen and oxygen atoms in total. The van der Waals surface area contributed by atoms with Gasteiger partial charge in [-0.2, -0.15) is 0 Å². The molecule has 0 bridgehead atoms. The third-order valence-corrected chi connectivity index (χ3v) is 5.48. The van der Waals surface area contributed by atoms with E-state index in [1.165, 1.54) is 62.1 Å².